The molecule has 19 heavy (non-hydrogen) atoms. The van der Waals surface area contributed by atoms with Crippen LogP contribution >= 0.6 is 0 Å². The molecule has 1 aromatic carbocycles. The van der Waals surface area contributed by atoms with E-state index in [1.54, 1.807) is 12.1 Å². The summed E-state index contributed by atoms with van der Waals surface area (Å²) < 4.78 is 30.0. The molecule has 0 amide bonds. The number of hydrogen-bond acceptors (Lipinski definition) is 3. The topological polar surface area (TPSA) is 43.4 Å². The van der Waals surface area contributed by atoms with Gasteiger partial charge in [0.2, 0.25) is 0 Å². The normalized spacial score (nSPS) is 30.5. The Morgan fingerprint density at radius 1 is 1.05 bits per heavy atom. The van der Waals surface area contributed by atoms with Crippen molar-refractivity contribution in [2.75, 3.05) is 0 Å². The van der Waals surface area contributed by atoms with Gasteiger partial charge in [-0.05, 0) is 56.6 Å². The van der Waals surface area contributed by atoms with Gasteiger partial charge in [-0.2, -0.15) is 8.42 Å². The van der Waals surface area contributed by atoms with Crippen LogP contribution in [0.15, 0.2) is 29.2 Å². The lowest BCUT2D eigenvalue weighted by Gasteiger charge is -2.28. The summed E-state index contributed by atoms with van der Waals surface area (Å²) in [6.07, 6.45) is 5.41. The first-order chi connectivity index (χ1) is 9.04. The zero-order valence-electron chi connectivity index (χ0n) is 11.2. The largest absolute Gasteiger partial charge is 0.297 e. The molecule has 2 aliphatic carbocycles. The molecule has 3 nitrogen and oxygen atoms in total. The van der Waals surface area contributed by atoms with E-state index in [1.807, 2.05) is 19.1 Å². The lowest BCUT2D eigenvalue weighted by Crippen LogP contribution is -2.28. The standard InChI is InChI=1S/C15H20O3S/c1-11-2-7-14(8-3-11)19(16,17)18-15-9-5-12-4-6-13(15)10-12/h2-3,7-8,12-13,15H,4-6,9-10H2,1H3. The van der Waals surface area contributed by atoms with Gasteiger partial charge in [0.1, 0.15) is 0 Å². The van der Waals surface area contributed by atoms with E-state index in [0.29, 0.717) is 5.92 Å². The second-order valence-corrected chi connectivity index (χ2v) is 7.49. The minimum absolute atomic E-state index is 0.106. The third kappa shape index (κ3) is 2.70. The van der Waals surface area contributed by atoms with Crippen molar-refractivity contribution in [3.8, 4) is 0 Å². The second kappa shape index (κ2) is 4.91. The number of aryl methyl sites for hydroxylation is 1. The summed E-state index contributed by atoms with van der Waals surface area (Å²) in [5.41, 5.74) is 1.05. The molecule has 0 radical (unpaired) electrons. The van der Waals surface area contributed by atoms with E-state index in [1.165, 1.54) is 6.42 Å². The molecule has 4 heteroatoms. The number of benzene rings is 1. The summed E-state index contributed by atoms with van der Waals surface area (Å²) in [4.78, 5) is 0.276. The molecule has 2 fully saturated rings. The van der Waals surface area contributed by atoms with Crippen molar-refractivity contribution in [1.82, 2.24) is 0 Å². The Morgan fingerprint density at radius 2 is 1.74 bits per heavy atom. The molecule has 1 aromatic rings. The van der Waals surface area contributed by atoms with Crippen LogP contribution in [0.4, 0.5) is 0 Å². The summed E-state index contributed by atoms with van der Waals surface area (Å²) in [7, 11) is -3.60. The van der Waals surface area contributed by atoms with Crippen LogP contribution in [0.5, 0.6) is 0 Å². The lowest BCUT2D eigenvalue weighted by atomic mass is 9.87. The van der Waals surface area contributed by atoms with Crippen molar-refractivity contribution in [3.05, 3.63) is 29.8 Å². The first kappa shape index (κ1) is 13.1. The zero-order chi connectivity index (χ0) is 13.5. The van der Waals surface area contributed by atoms with Gasteiger partial charge in [0.25, 0.3) is 10.1 Å². The maximum absolute atomic E-state index is 12.3. The highest BCUT2D eigenvalue weighted by atomic mass is 32.2. The van der Waals surface area contributed by atoms with E-state index in [9.17, 15) is 8.42 Å². The Bertz CT molecular complexity index is 547. The highest BCUT2D eigenvalue weighted by Gasteiger charge is 2.38. The van der Waals surface area contributed by atoms with Crippen LogP contribution < -0.4 is 0 Å². The Balaban J connectivity index is 1.76. The smallest absolute Gasteiger partial charge is 0.263 e. The maximum Gasteiger partial charge on any atom is 0.297 e. The average molecular weight is 280 g/mol. The summed E-state index contributed by atoms with van der Waals surface area (Å²) in [5, 5.41) is 0. The number of fused-ring (bicyclic) bond motifs is 2. The molecular formula is C15H20O3S. The van der Waals surface area contributed by atoms with Crippen LogP contribution in [0.25, 0.3) is 0 Å². The molecule has 0 aliphatic heterocycles. The average Bonchev–Trinajstić information content (AvgIpc) is 2.76. The van der Waals surface area contributed by atoms with Gasteiger partial charge in [0.15, 0.2) is 0 Å². The third-order valence-electron chi connectivity index (χ3n) is 4.53. The quantitative estimate of drug-likeness (QED) is 0.798. The predicted octanol–water partition coefficient (Wildman–Crippen LogP) is 3.28. The summed E-state index contributed by atoms with van der Waals surface area (Å²) in [5.74, 6) is 1.26. The minimum atomic E-state index is -3.60. The molecule has 0 saturated heterocycles. The molecule has 0 aromatic heterocycles. The fourth-order valence-corrected chi connectivity index (χ4v) is 4.56. The van der Waals surface area contributed by atoms with Crippen LogP contribution in [0, 0.1) is 18.8 Å². The lowest BCUT2D eigenvalue weighted by molar-refractivity contribution is 0.106. The van der Waals surface area contributed by atoms with Crippen LogP contribution in [-0.2, 0) is 14.3 Å². The Kier molecular flexibility index (Phi) is 3.39. The van der Waals surface area contributed by atoms with Crippen molar-refractivity contribution < 1.29 is 12.6 Å². The van der Waals surface area contributed by atoms with E-state index >= 15 is 0 Å². The van der Waals surface area contributed by atoms with Gasteiger partial charge in [-0.3, -0.25) is 4.18 Å². The number of rotatable bonds is 3. The minimum Gasteiger partial charge on any atom is -0.263 e. The summed E-state index contributed by atoms with van der Waals surface area (Å²) in [6, 6.07) is 6.88. The SMILES string of the molecule is Cc1ccc(S(=O)(=O)OC2CCC3CCC2C3)cc1. The maximum atomic E-state index is 12.3. The van der Waals surface area contributed by atoms with E-state index < -0.39 is 10.1 Å². The molecule has 3 unspecified atom stereocenters. The van der Waals surface area contributed by atoms with Gasteiger partial charge in [-0.25, -0.2) is 0 Å². The van der Waals surface area contributed by atoms with Gasteiger partial charge >= 0.3 is 0 Å². The number of hydrogen-bond donors (Lipinski definition) is 0. The van der Waals surface area contributed by atoms with Crippen LogP contribution in [0.1, 0.15) is 37.7 Å². The predicted molar refractivity (Wildman–Crippen MR) is 73.3 cm³/mol. The van der Waals surface area contributed by atoms with Crippen molar-refractivity contribution in [2.24, 2.45) is 11.8 Å². The first-order valence-electron chi connectivity index (χ1n) is 7.04. The molecule has 3 rings (SSSR count). The molecule has 104 valence electrons. The van der Waals surface area contributed by atoms with Crippen molar-refractivity contribution in [2.45, 2.75) is 50.0 Å². The van der Waals surface area contributed by atoms with Crippen LogP contribution in [0.2, 0.25) is 0 Å². The monoisotopic (exact) mass is 280 g/mol. The summed E-state index contributed by atoms with van der Waals surface area (Å²) in [6.45, 7) is 1.94. The molecule has 0 heterocycles. The van der Waals surface area contributed by atoms with Crippen LogP contribution in [0.3, 0.4) is 0 Å². The molecule has 2 bridgehead atoms. The van der Waals surface area contributed by atoms with E-state index in [2.05, 4.69) is 0 Å². The van der Waals surface area contributed by atoms with Crippen LogP contribution in [-0.4, -0.2) is 14.5 Å². The highest BCUT2D eigenvalue weighted by molar-refractivity contribution is 7.86. The Morgan fingerprint density at radius 3 is 2.47 bits per heavy atom. The van der Waals surface area contributed by atoms with Gasteiger partial charge in [-0.1, -0.05) is 24.1 Å². The molecule has 0 N–H and O–H groups in total. The van der Waals surface area contributed by atoms with E-state index in [-0.39, 0.29) is 11.0 Å². The molecule has 3 atom stereocenters. The van der Waals surface area contributed by atoms with E-state index in [0.717, 1.165) is 37.2 Å². The first-order valence-corrected chi connectivity index (χ1v) is 8.45. The molecule has 0 spiro atoms. The Labute approximate surface area is 115 Å². The third-order valence-corrected chi connectivity index (χ3v) is 5.88. The molecule has 2 aliphatic rings. The highest BCUT2D eigenvalue weighted by Crippen LogP contribution is 2.44. The van der Waals surface area contributed by atoms with Crippen molar-refractivity contribution >= 4 is 10.1 Å². The fourth-order valence-electron chi connectivity index (χ4n) is 3.40. The summed E-state index contributed by atoms with van der Waals surface area (Å²) >= 11 is 0. The van der Waals surface area contributed by atoms with Gasteiger partial charge < -0.3 is 0 Å². The van der Waals surface area contributed by atoms with Crippen molar-refractivity contribution in [1.29, 1.82) is 0 Å². The second-order valence-electron chi connectivity index (χ2n) is 5.92. The van der Waals surface area contributed by atoms with Crippen molar-refractivity contribution in [3.63, 3.8) is 0 Å². The molecular weight excluding hydrogens is 260 g/mol. The molecule has 2 saturated carbocycles. The van der Waals surface area contributed by atoms with Gasteiger partial charge in [0.05, 0.1) is 11.0 Å². The van der Waals surface area contributed by atoms with Gasteiger partial charge in [-0.15, -0.1) is 0 Å². The van der Waals surface area contributed by atoms with Gasteiger partial charge in [0, 0.05) is 0 Å². The van der Waals surface area contributed by atoms with E-state index in [4.69, 9.17) is 4.18 Å². The zero-order valence-corrected chi connectivity index (χ0v) is 12.0. The fraction of sp³-hybridized carbons (Fsp3) is 0.600. The Hall–Kier alpha value is -0.870.